The van der Waals surface area contributed by atoms with Gasteiger partial charge in [-0.25, -0.2) is 9.97 Å². The van der Waals surface area contributed by atoms with Gasteiger partial charge in [-0.05, 0) is 31.3 Å². The van der Waals surface area contributed by atoms with Crippen LogP contribution in [-0.2, 0) is 13.1 Å². The highest BCUT2D eigenvalue weighted by Gasteiger charge is 2.09. The van der Waals surface area contributed by atoms with Crippen LogP contribution in [0, 0.1) is 0 Å². The maximum absolute atomic E-state index is 6.01. The molecule has 0 aliphatic rings. The Labute approximate surface area is 149 Å². The van der Waals surface area contributed by atoms with Gasteiger partial charge in [0.05, 0.1) is 21.4 Å². The van der Waals surface area contributed by atoms with Crippen molar-refractivity contribution in [3.63, 3.8) is 0 Å². The van der Waals surface area contributed by atoms with Crippen molar-refractivity contribution in [2.75, 3.05) is 7.05 Å². The van der Waals surface area contributed by atoms with Gasteiger partial charge < -0.3 is 8.80 Å². The molecule has 4 aromatic heterocycles. The summed E-state index contributed by atoms with van der Waals surface area (Å²) in [6, 6.07) is 7.52. The van der Waals surface area contributed by atoms with Crippen molar-refractivity contribution in [3.8, 4) is 0 Å². The Morgan fingerprint density at radius 1 is 0.792 bits per heavy atom. The van der Waals surface area contributed by atoms with E-state index >= 15 is 0 Å². The summed E-state index contributed by atoms with van der Waals surface area (Å²) < 4.78 is 3.89. The highest BCUT2D eigenvalue weighted by Crippen LogP contribution is 2.15. The molecule has 0 saturated carbocycles. The van der Waals surface area contributed by atoms with E-state index in [2.05, 4.69) is 14.9 Å². The van der Waals surface area contributed by atoms with Crippen LogP contribution in [0.3, 0.4) is 0 Å². The third-order valence-corrected chi connectivity index (χ3v) is 4.24. The van der Waals surface area contributed by atoms with E-state index in [9.17, 15) is 0 Å². The van der Waals surface area contributed by atoms with Crippen LogP contribution in [-0.4, -0.2) is 30.7 Å². The van der Waals surface area contributed by atoms with Crippen LogP contribution in [0.1, 0.15) is 11.4 Å². The van der Waals surface area contributed by atoms with Crippen LogP contribution in [0.5, 0.6) is 0 Å². The maximum Gasteiger partial charge on any atom is 0.137 e. The molecule has 0 atom stereocenters. The van der Waals surface area contributed by atoms with Gasteiger partial charge in [0, 0.05) is 37.9 Å². The molecule has 4 heterocycles. The first-order valence-electron chi connectivity index (χ1n) is 7.52. The molecule has 0 aromatic carbocycles. The number of fused-ring (bicyclic) bond motifs is 2. The molecule has 0 saturated heterocycles. The fourth-order valence-corrected chi connectivity index (χ4v) is 3.13. The fraction of sp³-hybridized carbons (Fsp3) is 0.176. The fourth-order valence-electron chi connectivity index (χ4n) is 2.80. The van der Waals surface area contributed by atoms with Crippen molar-refractivity contribution in [2.45, 2.75) is 13.1 Å². The minimum Gasteiger partial charge on any atom is -0.305 e. The molecular weight excluding hydrogens is 345 g/mol. The molecule has 4 aromatic rings. The second-order valence-corrected chi connectivity index (χ2v) is 6.74. The number of hydrogen-bond acceptors (Lipinski definition) is 3. The molecule has 0 fully saturated rings. The molecule has 122 valence electrons. The van der Waals surface area contributed by atoms with E-state index in [1.807, 2.05) is 64.9 Å². The smallest absolute Gasteiger partial charge is 0.137 e. The standard InChI is InChI=1S/C17H15Cl2N5/c1-22(8-14-10-23-6-12(18)2-4-16(23)20-14)9-15-11-24-7-13(19)3-5-17(24)21-15/h2-7,10-11H,8-9H2,1H3. The highest BCUT2D eigenvalue weighted by atomic mass is 35.5. The van der Waals surface area contributed by atoms with Crippen molar-refractivity contribution in [3.05, 3.63) is 70.5 Å². The Morgan fingerprint density at radius 3 is 1.71 bits per heavy atom. The lowest BCUT2D eigenvalue weighted by molar-refractivity contribution is 0.312. The van der Waals surface area contributed by atoms with Gasteiger partial charge in [-0.2, -0.15) is 0 Å². The van der Waals surface area contributed by atoms with E-state index in [4.69, 9.17) is 23.2 Å². The number of rotatable bonds is 4. The first-order valence-corrected chi connectivity index (χ1v) is 8.27. The van der Waals surface area contributed by atoms with Crippen LogP contribution in [0.15, 0.2) is 49.1 Å². The largest absolute Gasteiger partial charge is 0.305 e. The summed E-state index contributed by atoms with van der Waals surface area (Å²) in [6.07, 6.45) is 7.72. The molecule has 24 heavy (non-hydrogen) atoms. The predicted octanol–water partition coefficient (Wildman–Crippen LogP) is 3.92. The average molecular weight is 360 g/mol. The minimum absolute atomic E-state index is 0.697. The summed E-state index contributed by atoms with van der Waals surface area (Å²) in [6.45, 7) is 1.46. The molecule has 7 heteroatoms. The molecule has 0 spiro atoms. The van der Waals surface area contributed by atoms with Crippen LogP contribution < -0.4 is 0 Å². The van der Waals surface area contributed by atoms with Gasteiger partial charge >= 0.3 is 0 Å². The lowest BCUT2D eigenvalue weighted by atomic mass is 10.4. The number of halogens is 2. The summed E-state index contributed by atoms with van der Waals surface area (Å²) in [5, 5.41) is 1.39. The molecule has 5 nitrogen and oxygen atoms in total. The van der Waals surface area contributed by atoms with Crippen LogP contribution in [0.25, 0.3) is 11.3 Å². The Hall–Kier alpha value is -2.08. The highest BCUT2D eigenvalue weighted by molar-refractivity contribution is 6.30. The molecule has 0 aliphatic carbocycles. The number of imidazole rings is 2. The van der Waals surface area contributed by atoms with Gasteiger partial charge in [-0.15, -0.1) is 0 Å². The lowest BCUT2D eigenvalue weighted by Crippen LogP contribution is -2.17. The summed E-state index contributed by atoms with van der Waals surface area (Å²) >= 11 is 12.0. The third-order valence-electron chi connectivity index (χ3n) is 3.79. The maximum atomic E-state index is 6.01. The van der Waals surface area contributed by atoms with Gasteiger partial charge in [0.15, 0.2) is 0 Å². The lowest BCUT2D eigenvalue weighted by Gasteiger charge is -2.12. The van der Waals surface area contributed by atoms with E-state index < -0.39 is 0 Å². The first-order chi connectivity index (χ1) is 11.6. The quantitative estimate of drug-likeness (QED) is 0.554. The summed E-state index contributed by atoms with van der Waals surface area (Å²) in [7, 11) is 2.05. The van der Waals surface area contributed by atoms with Crippen LogP contribution in [0.4, 0.5) is 0 Å². The summed E-state index contributed by atoms with van der Waals surface area (Å²) in [5.74, 6) is 0. The second-order valence-electron chi connectivity index (χ2n) is 5.86. The molecule has 0 bridgehead atoms. The first kappa shape index (κ1) is 15.4. The van der Waals surface area contributed by atoms with Crippen molar-refractivity contribution in [1.29, 1.82) is 0 Å². The number of pyridine rings is 2. The SMILES string of the molecule is CN(Cc1cn2cc(Cl)ccc2n1)Cc1cn2cc(Cl)ccc2n1. The van der Waals surface area contributed by atoms with E-state index in [1.165, 1.54) is 0 Å². The molecule has 4 rings (SSSR count). The van der Waals surface area contributed by atoms with Crippen molar-refractivity contribution < 1.29 is 0 Å². The monoisotopic (exact) mass is 359 g/mol. The zero-order valence-electron chi connectivity index (χ0n) is 13.0. The number of hydrogen-bond donors (Lipinski definition) is 0. The van der Waals surface area contributed by atoms with Crippen molar-refractivity contribution in [1.82, 2.24) is 23.7 Å². The summed E-state index contributed by atoms with van der Waals surface area (Å²) in [4.78, 5) is 11.4. The van der Waals surface area contributed by atoms with Crippen LogP contribution in [0.2, 0.25) is 10.0 Å². The normalized spacial score (nSPS) is 11.8. The molecule has 0 aliphatic heterocycles. The molecule has 0 N–H and O–H groups in total. The molecular formula is C17H15Cl2N5. The van der Waals surface area contributed by atoms with Gasteiger partial charge in [0.25, 0.3) is 0 Å². The Morgan fingerprint density at radius 2 is 1.25 bits per heavy atom. The average Bonchev–Trinajstić information content (AvgIpc) is 3.08. The number of nitrogens with zero attached hydrogens (tertiary/aromatic N) is 5. The van der Waals surface area contributed by atoms with Gasteiger partial charge in [0.1, 0.15) is 11.3 Å². The second kappa shape index (κ2) is 6.09. The minimum atomic E-state index is 0.697. The Kier molecular flexibility index (Phi) is 3.92. The van der Waals surface area contributed by atoms with Crippen molar-refractivity contribution >= 4 is 34.5 Å². The zero-order valence-corrected chi connectivity index (χ0v) is 14.5. The number of aromatic nitrogens is 4. The topological polar surface area (TPSA) is 37.8 Å². The van der Waals surface area contributed by atoms with E-state index in [1.54, 1.807) is 0 Å². The Bertz CT molecular complexity index is 938. The van der Waals surface area contributed by atoms with Gasteiger partial charge in [-0.1, -0.05) is 23.2 Å². The van der Waals surface area contributed by atoms with E-state index in [-0.39, 0.29) is 0 Å². The van der Waals surface area contributed by atoms with Crippen molar-refractivity contribution in [2.24, 2.45) is 0 Å². The van der Waals surface area contributed by atoms with Gasteiger partial charge in [0.2, 0.25) is 0 Å². The third kappa shape index (κ3) is 3.11. The Balaban J connectivity index is 1.50. The predicted molar refractivity (Wildman–Crippen MR) is 95.6 cm³/mol. The van der Waals surface area contributed by atoms with E-state index in [0.29, 0.717) is 10.0 Å². The summed E-state index contributed by atoms with van der Waals surface area (Å²) in [5.41, 5.74) is 3.77. The molecule has 0 amide bonds. The molecule has 0 radical (unpaired) electrons. The van der Waals surface area contributed by atoms with Gasteiger partial charge in [-0.3, -0.25) is 4.90 Å². The van der Waals surface area contributed by atoms with Crippen LogP contribution >= 0.6 is 23.2 Å². The van der Waals surface area contributed by atoms with E-state index in [0.717, 1.165) is 35.8 Å². The zero-order chi connectivity index (χ0) is 16.7. The molecule has 0 unspecified atom stereocenters.